The minimum atomic E-state index is -0.438. The van der Waals surface area contributed by atoms with E-state index in [9.17, 15) is 0 Å². The van der Waals surface area contributed by atoms with E-state index in [1.165, 1.54) is 72.4 Å². The van der Waals surface area contributed by atoms with Gasteiger partial charge in [-0.05, 0) is 97.1 Å². The Balaban J connectivity index is 1.22. The molecule has 0 amide bonds. The van der Waals surface area contributed by atoms with E-state index in [2.05, 4.69) is 219 Å². The first-order valence-corrected chi connectivity index (χ1v) is 18.6. The average Bonchev–Trinajstić information content (AvgIpc) is 3.65. The van der Waals surface area contributed by atoms with E-state index in [1.54, 1.807) is 0 Å². The molecule has 0 N–H and O–H groups in total. The third kappa shape index (κ3) is 4.64. The molecule has 10 rings (SSSR count). The molecule has 0 fully saturated rings. The summed E-state index contributed by atoms with van der Waals surface area (Å²) in [4.78, 5) is 2.50. The van der Waals surface area contributed by atoms with Gasteiger partial charge in [0.05, 0.1) is 11.1 Å². The van der Waals surface area contributed by atoms with E-state index in [4.69, 9.17) is 0 Å². The van der Waals surface area contributed by atoms with E-state index in [0.29, 0.717) is 0 Å². The van der Waals surface area contributed by atoms with Crippen molar-refractivity contribution in [2.75, 3.05) is 4.90 Å². The maximum Gasteiger partial charge on any atom is 0.0713 e. The highest BCUT2D eigenvalue weighted by molar-refractivity contribution is 5.94. The SMILES string of the molecule is CC1(C)c2ccccc2-c2cccc(N(c3ccc(-c4ccccc4)cc3)c3ccc4c(c3)-c3ccccc3C4(c3ccccc3)c3ccccc3)c21. The van der Waals surface area contributed by atoms with E-state index in [-0.39, 0.29) is 5.41 Å². The van der Waals surface area contributed by atoms with Crippen LogP contribution in [0.1, 0.15) is 47.2 Å². The second-order valence-corrected chi connectivity index (χ2v) is 14.9. The minimum absolute atomic E-state index is 0.177. The fourth-order valence-corrected chi connectivity index (χ4v) is 9.44. The lowest BCUT2D eigenvalue weighted by Crippen LogP contribution is -2.28. The average molecular weight is 678 g/mol. The zero-order valence-electron chi connectivity index (χ0n) is 30.0. The van der Waals surface area contributed by atoms with Gasteiger partial charge in [-0.25, -0.2) is 0 Å². The second-order valence-electron chi connectivity index (χ2n) is 14.9. The molecule has 0 radical (unpaired) electrons. The number of nitrogens with zero attached hydrogens (tertiary/aromatic N) is 1. The van der Waals surface area contributed by atoms with Gasteiger partial charge in [-0.2, -0.15) is 0 Å². The first kappa shape index (κ1) is 31.3. The monoisotopic (exact) mass is 677 g/mol. The van der Waals surface area contributed by atoms with E-state index in [1.807, 2.05) is 0 Å². The highest BCUT2D eigenvalue weighted by Gasteiger charge is 2.46. The number of anilines is 3. The molecule has 252 valence electrons. The predicted octanol–water partition coefficient (Wildman–Crippen LogP) is 13.5. The van der Waals surface area contributed by atoms with Gasteiger partial charge in [0.2, 0.25) is 0 Å². The Morgan fingerprint density at radius 2 is 0.849 bits per heavy atom. The molecule has 8 aromatic carbocycles. The molecule has 2 aliphatic carbocycles. The Kier molecular flexibility index (Phi) is 7.13. The molecular formula is C52H39N. The zero-order valence-corrected chi connectivity index (χ0v) is 30.0. The molecule has 0 heterocycles. The maximum atomic E-state index is 2.50. The predicted molar refractivity (Wildman–Crippen MR) is 221 cm³/mol. The van der Waals surface area contributed by atoms with Crippen LogP contribution in [0, 0.1) is 0 Å². The van der Waals surface area contributed by atoms with Crippen LogP contribution in [-0.4, -0.2) is 0 Å². The summed E-state index contributed by atoms with van der Waals surface area (Å²) in [6, 6.07) is 73.8. The van der Waals surface area contributed by atoms with Crippen LogP contribution in [0.25, 0.3) is 33.4 Å². The van der Waals surface area contributed by atoms with Crippen molar-refractivity contribution >= 4 is 17.1 Å². The summed E-state index contributed by atoms with van der Waals surface area (Å²) < 4.78 is 0. The fraction of sp³-hybridized carbons (Fsp3) is 0.0769. The summed E-state index contributed by atoms with van der Waals surface area (Å²) in [7, 11) is 0. The number of hydrogen-bond donors (Lipinski definition) is 0. The van der Waals surface area contributed by atoms with Crippen molar-refractivity contribution in [2.24, 2.45) is 0 Å². The smallest absolute Gasteiger partial charge is 0.0713 e. The lowest BCUT2D eigenvalue weighted by molar-refractivity contribution is 0.661. The van der Waals surface area contributed by atoms with Gasteiger partial charge in [-0.15, -0.1) is 0 Å². The molecular weight excluding hydrogens is 639 g/mol. The molecule has 0 saturated heterocycles. The van der Waals surface area contributed by atoms with Crippen molar-refractivity contribution in [3.05, 3.63) is 234 Å². The molecule has 0 aliphatic heterocycles. The summed E-state index contributed by atoms with van der Waals surface area (Å²) in [5.41, 5.74) is 18.4. The Morgan fingerprint density at radius 1 is 0.358 bits per heavy atom. The largest absolute Gasteiger partial charge is 0.310 e. The van der Waals surface area contributed by atoms with Crippen molar-refractivity contribution in [3.8, 4) is 33.4 Å². The lowest BCUT2D eigenvalue weighted by atomic mass is 9.68. The van der Waals surface area contributed by atoms with Crippen molar-refractivity contribution in [1.82, 2.24) is 0 Å². The second kappa shape index (κ2) is 12.1. The van der Waals surface area contributed by atoms with Gasteiger partial charge in [0.25, 0.3) is 0 Å². The van der Waals surface area contributed by atoms with Crippen LogP contribution in [0.2, 0.25) is 0 Å². The van der Waals surface area contributed by atoms with E-state index in [0.717, 1.165) is 11.4 Å². The third-order valence-electron chi connectivity index (χ3n) is 11.7. The van der Waals surface area contributed by atoms with Crippen LogP contribution in [0.4, 0.5) is 17.1 Å². The first-order chi connectivity index (χ1) is 26.1. The molecule has 0 bridgehead atoms. The third-order valence-corrected chi connectivity index (χ3v) is 11.7. The molecule has 0 unspecified atom stereocenters. The molecule has 1 nitrogen and oxygen atoms in total. The molecule has 53 heavy (non-hydrogen) atoms. The van der Waals surface area contributed by atoms with Crippen molar-refractivity contribution in [2.45, 2.75) is 24.7 Å². The van der Waals surface area contributed by atoms with Crippen LogP contribution >= 0.6 is 0 Å². The van der Waals surface area contributed by atoms with Crippen molar-refractivity contribution in [3.63, 3.8) is 0 Å². The molecule has 8 aromatic rings. The molecule has 0 atom stereocenters. The van der Waals surface area contributed by atoms with Crippen molar-refractivity contribution in [1.29, 1.82) is 0 Å². The van der Waals surface area contributed by atoms with Crippen molar-refractivity contribution < 1.29 is 0 Å². The summed E-state index contributed by atoms with van der Waals surface area (Å²) >= 11 is 0. The Hall–Kier alpha value is -6.44. The molecule has 0 aromatic heterocycles. The highest BCUT2D eigenvalue weighted by Crippen LogP contribution is 2.58. The summed E-state index contributed by atoms with van der Waals surface area (Å²) in [6.45, 7) is 4.76. The molecule has 2 aliphatic rings. The van der Waals surface area contributed by atoms with Gasteiger partial charge >= 0.3 is 0 Å². The van der Waals surface area contributed by atoms with E-state index < -0.39 is 5.41 Å². The number of hydrogen-bond acceptors (Lipinski definition) is 1. The molecule has 1 heteroatoms. The quantitative estimate of drug-likeness (QED) is 0.169. The van der Waals surface area contributed by atoms with Gasteiger partial charge in [0.15, 0.2) is 0 Å². The van der Waals surface area contributed by atoms with Gasteiger partial charge in [0.1, 0.15) is 0 Å². The number of benzene rings is 8. The van der Waals surface area contributed by atoms with Gasteiger partial charge in [-0.1, -0.05) is 184 Å². The summed E-state index contributed by atoms with van der Waals surface area (Å²) in [5, 5.41) is 0. The Bertz CT molecular complexity index is 2580. The summed E-state index contributed by atoms with van der Waals surface area (Å²) in [5.74, 6) is 0. The van der Waals surface area contributed by atoms with Crippen LogP contribution in [0.15, 0.2) is 200 Å². The Morgan fingerprint density at radius 3 is 1.51 bits per heavy atom. The number of rotatable bonds is 6. The fourth-order valence-electron chi connectivity index (χ4n) is 9.44. The number of fused-ring (bicyclic) bond motifs is 6. The molecule has 0 spiro atoms. The van der Waals surface area contributed by atoms with Crippen LogP contribution in [-0.2, 0) is 10.8 Å². The minimum Gasteiger partial charge on any atom is -0.310 e. The highest BCUT2D eigenvalue weighted by atomic mass is 15.1. The van der Waals surface area contributed by atoms with Gasteiger partial charge in [-0.3, -0.25) is 0 Å². The van der Waals surface area contributed by atoms with Gasteiger partial charge < -0.3 is 4.90 Å². The Labute approximate surface area is 312 Å². The van der Waals surface area contributed by atoms with Crippen LogP contribution in [0.5, 0.6) is 0 Å². The van der Waals surface area contributed by atoms with Crippen LogP contribution in [0.3, 0.4) is 0 Å². The standard InChI is InChI=1S/C52H39N/c1-51(2)46-26-14-12-23-42(46)44-25-16-28-49(50(44)51)53(40-31-29-37(30-32-40)36-17-6-3-7-18-36)41-33-34-48-45(35-41)43-24-13-15-27-47(43)52(48,38-19-8-4-9-20-38)39-21-10-5-11-22-39/h3-35H,1-2H3. The van der Waals surface area contributed by atoms with Crippen LogP contribution < -0.4 is 4.90 Å². The maximum absolute atomic E-state index is 2.50. The topological polar surface area (TPSA) is 3.24 Å². The van der Waals surface area contributed by atoms with E-state index >= 15 is 0 Å². The first-order valence-electron chi connectivity index (χ1n) is 18.6. The summed E-state index contributed by atoms with van der Waals surface area (Å²) in [6.07, 6.45) is 0. The lowest BCUT2D eigenvalue weighted by Gasteiger charge is -2.35. The van der Waals surface area contributed by atoms with Gasteiger partial charge in [0, 0.05) is 16.8 Å². The zero-order chi connectivity index (χ0) is 35.6. The normalized spacial score (nSPS) is 14.2. The molecule has 0 saturated carbocycles.